The minimum Gasteiger partial charge on any atom is -0.394 e. The van der Waals surface area contributed by atoms with E-state index in [-0.39, 0.29) is 0 Å². The molecule has 3 amide bonds. The minimum absolute atomic E-state index is 0.752. The largest absolute Gasteiger partial charge is 0.394 e. The maximum absolute atomic E-state index is 12.9. The SMILES string of the molecule is CC(=O)N[C@@H]1[C@@H](O)[C@H](O[C@@H]2O[C@H](CO)[C@@H](O[C@@H]3O[C@H](CO[C@H]4O[C@H](CO)[C@@H](O)[C@H](O)[C@@H]4O[C@@H]4O[C@H](CO)[C@@H](O[C@@H]5O[C@H](CO)[C@H](O)[C@H](O[C@H]6O[C@H](CO)[C@H](O)[C@H](O)[C@H]6O)[C@H]5O)[C@H](O)[C@H]4NC(C)=O)[C@@H](O)[C@H](O[C@H]4O[C@H](CO)[C@@H](O)[C@H](O)[C@@H]4O)[C@@H]3O)[C@H](O)[C@H]2NC(C)=O)[C@@H](CO)O[C@H]1O. The van der Waals surface area contributed by atoms with Crippen LogP contribution in [0.3, 0.4) is 0 Å². The topological polar surface area (TPSA) is 691 Å². The van der Waals surface area contributed by atoms with Gasteiger partial charge in [-0.05, 0) is 0 Å². The molecular formula is C54H91N3O41. The van der Waals surface area contributed by atoms with Crippen molar-refractivity contribution in [1.82, 2.24) is 16.0 Å². The Morgan fingerprint density at radius 1 is 0.265 bits per heavy atom. The standard InChI is InChI=1S/C54H91N3O41/c1-12(65)55-23-31(73)41(19(8-62)85-47(23)83)93-48-24(56-13(2)66)32(74)43(20(9-63)90-48)95-53-40(82)45(97-51-38(80)35(77)27(69)16(5-59)87-51)30(72)22(92-53)11-84-54-46(36(78)28(70)17(6-60)89-54)98-49-25(57-14(3)67)33(75)42(21(10-64)91-49)94-52-39(81)44(29(71)18(7-61)88-52)96-50-37(79)34(76)26(68)15(4-58)86-50/h15-54,58-64,68-83H,4-11H2,1-3H3,(H,55,65)(H,56,66)(H,57,67)/t15-,16-,17-,18-,19-,20-,21-,22-,23-,24-,25-,26+,27-,28-,29+,30-,31-,32-,33-,34+,35+,36+,37-,38+,39-,40+,41-,42-,43-,44+,45+,46+,47-,48+,49+,50-,51-,52+,53+,54+/m1/s1. The van der Waals surface area contributed by atoms with Crippen molar-refractivity contribution in [3.05, 3.63) is 0 Å². The summed E-state index contributed by atoms with van der Waals surface area (Å²) in [5.41, 5.74) is 0. The molecule has 0 aromatic carbocycles. The van der Waals surface area contributed by atoms with Gasteiger partial charge in [0.05, 0.1) is 52.9 Å². The van der Waals surface area contributed by atoms with Crippen molar-refractivity contribution in [1.29, 1.82) is 0 Å². The molecule has 0 saturated carbocycles. The average molecular weight is 1440 g/mol. The van der Waals surface area contributed by atoms with Gasteiger partial charge in [-0.25, -0.2) is 0 Å². The van der Waals surface area contributed by atoms with Crippen LogP contribution < -0.4 is 16.0 Å². The number of rotatable bonds is 25. The molecule has 0 aliphatic carbocycles. The number of hydrogen-bond donors (Lipinski definition) is 26. The molecule has 0 spiro atoms. The summed E-state index contributed by atoms with van der Waals surface area (Å²) in [6.45, 7) is -5.36. The van der Waals surface area contributed by atoms with Crippen LogP contribution in [0.1, 0.15) is 20.8 Å². The van der Waals surface area contributed by atoms with Gasteiger partial charge >= 0.3 is 0 Å². The van der Waals surface area contributed by atoms with E-state index in [1.54, 1.807) is 0 Å². The summed E-state index contributed by atoms with van der Waals surface area (Å²) in [6, 6.07) is -5.34. The van der Waals surface area contributed by atoms with Crippen LogP contribution >= 0.6 is 0 Å². The average Bonchev–Trinajstić information content (AvgIpc) is 0.779. The monoisotopic (exact) mass is 1440 g/mol. The van der Waals surface area contributed by atoms with Crippen LogP contribution in [0.5, 0.6) is 0 Å². The molecule has 44 nitrogen and oxygen atoms in total. The van der Waals surface area contributed by atoms with E-state index in [9.17, 15) is 132 Å². The molecule has 0 bridgehead atoms. The van der Waals surface area contributed by atoms with E-state index < -0.39 is 316 Å². The highest BCUT2D eigenvalue weighted by atomic mass is 16.8. The van der Waals surface area contributed by atoms with Crippen LogP contribution in [-0.4, -0.2) is 433 Å². The van der Waals surface area contributed by atoms with Gasteiger partial charge in [-0.2, -0.15) is 0 Å². The molecule has 40 atom stereocenters. The molecule has 98 heavy (non-hydrogen) atoms. The molecule has 8 fully saturated rings. The van der Waals surface area contributed by atoms with Crippen molar-refractivity contribution in [2.45, 2.75) is 266 Å². The highest BCUT2D eigenvalue weighted by Gasteiger charge is 2.60. The first-order chi connectivity index (χ1) is 46.4. The Morgan fingerprint density at radius 2 is 0.541 bits per heavy atom. The molecule has 0 aromatic heterocycles. The van der Waals surface area contributed by atoms with E-state index in [4.69, 9.17) is 71.1 Å². The number of carbonyl (C=O) groups is 3. The van der Waals surface area contributed by atoms with Crippen molar-refractivity contribution >= 4 is 17.7 Å². The van der Waals surface area contributed by atoms with Crippen LogP contribution in [0.2, 0.25) is 0 Å². The van der Waals surface area contributed by atoms with Crippen LogP contribution in [-0.2, 0) is 85.4 Å². The smallest absolute Gasteiger partial charge is 0.217 e. The van der Waals surface area contributed by atoms with E-state index in [1.165, 1.54) is 0 Å². The number of amides is 3. The van der Waals surface area contributed by atoms with Crippen molar-refractivity contribution in [2.75, 3.05) is 52.9 Å². The van der Waals surface area contributed by atoms with Crippen molar-refractivity contribution in [3.8, 4) is 0 Å². The first kappa shape index (κ1) is 80.6. The fraction of sp³-hybridized carbons (Fsp3) is 0.944. The summed E-state index contributed by atoms with van der Waals surface area (Å²) < 4.78 is 87.2. The molecule has 8 aliphatic heterocycles. The third-order valence-corrected chi connectivity index (χ3v) is 17.8. The predicted molar refractivity (Wildman–Crippen MR) is 299 cm³/mol. The van der Waals surface area contributed by atoms with Gasteiger partial charge < -0.3 is 204 Å². The van der Waals surface area contributed by atoms with Gasteiger partial charge in [-0.3, -0.25) is 14.4 Å². The molecule has 44 heteroatoms. The molecule has 0 aromatic rings. The Hall–Kier alpha value is -3.11. The molecule has 0 unspecified atom stereocenters. The van der Waals surface area contributed by atoms with Gasteiger partial charge in [0.2, 0.25) is 17.7 Å². The van der Waals surface area contributed by atoms with Crippen LogP contribution in [0.25, 0.3) is 0 Å². The molecule has 8 saturated heterocycles. The Balaban J connectivity index is 1.05. The molecule has 26 N–H and O–H groups in total. The third kappa shape index (κ3) is 17.5. The zero-order chi connectivity index (χ0) is 72.2. The fourth-order valence-corrected chi connectivity index (χ4v) is 12.6. The molecular weight excluding hydrogens is 1350 g/mol. The molecule has 568 valence electrons. The van der Waals surface area contributed by atoms with E-state index in [0.717, 1.165) is 20.8 Å². The lowest BCUT2D eigenvalue weighted by Gasteiger charge is -2.50. The van der Waals surface area contributed by atoms with E-state index in [2.05, 4.69) is 16.0 Å². The first-order valence-corrected chi connectivity index (χ1v) is 31.1. The lowest BCUT2D eigenvalue weighted by molar-refractivity contribution is -0.391. The molecule has 8 aliphatic rings. The van der Waals surface area contributed by atoms with Crippen LogP contribution in [0, 0.1) is 0 Å². The normalized spacial score (nSPS) is 49.5. The molecule has 8 rings (SSSR count). The highest BCUT2D eigenvalue weighted by molar-refractivity contribution is 5.74. The van der Waals surface area contributed by atoms with Crippen molar-refractivity contribution < 1.29 is 203 Å². The number of hydrogen-bond acceptors (Lipinski definition) is 41. The number of aliphatic hydroxyl groups is 23. The second-order valence-electron chi connectivity index (χ2n) is 24.6. The number of ether oxygens (including phenoxy) is 15. The van der Waals surface area contributed by atoms with Crippen LogP contribution in [0.15, 0.2) is 0 Å². The highest BCUT2D eigenvalue weighted by Crippen LogP contribution is 2.39. The van der Waals surface area contributed by atoms with Gasteiger partial charge in [0.25, 0.3) is 0 Å². The number of carbonyl (C=O) groups excluding carboxylic acids is 3. The summed E-state index contributed by atoms with van der Waals surface area (Å²) >= 11 is 0. The first-order valence-electron chi connectivity index (χ1n) is 31.1. The fourth-order valence-electron chi connectivity index (χ4n) is 12.6. The lowest BCUT2D eigenvalue weighted by atomic mass is 9.94. The van der Waals surface area contributed by atoms with Gasteiger partial charge in [-0.15, -0.1) is 0 Å². The van der Waals surface area contributed by atoms with Gasteiger partial charge in [0, 0.05) is 20.8 Å². The second-order valence-corrected chi connectivity index (χ2v) is 24.6. The van der Waals surface area contributed by atoms with E-state index in [1.807, 2.05) is 0 Å². The Labute approximate surface area is 554 Å². The Bertz CT molecular complexity index is 2510. The Kier molecular flexibility index (Phi) is 28.9. The third-order valence-electron chi connectivity index (χ3n) is 17.8. The van der Waals surface area contributed by atoms with Crippen molar-refractivity contribution in [3.63, 3.8) is 0 Å². The summed E-state index contributed by atoms with van der Waals surface area (Å²) in [5.74, 6) is -2.57. The number of aliphatic hydroxyl groups excluding tert-OH is 23. The maximum atomic E-state index is 12.9. The quantitative estimate of drug-likeness (QED) is 0.0404. The summed E-state index contributed by atoms with van der Waals surface area (Å²) in [4.78, 5) is 37.6. The number of nitrogens with one attached hydrogen (secondary N) is 3. The van der Waals surface area contributed by atoms with Gasteiger partial charge in [0.15, 0.2) is 50.3 Å². The van der Waals surface area contributed by atoms with E-state index >= 15 is 0 Å². The zero-order valence-corrected chi connectivity index (χ0v) is 52.4. The molecule has 8 heterocycles. The van der Waals surface area contributed by atoms with E-state index in [0.29, 0.717) is 0 Å². The summed E-state index contributed by atoms with van der Waals surface area (Å²) in [7, 11) is 0. The summed E-state index contributed by atoms with van der Waals surface area (Å²) in [6.07, 6.45) is -74.4. The Morgan fingerprint density at radius 3 is 0.929 bits per heavy atom. The molecule has 0 radical (unpaired) electrons. The zero-order valence-electron chi connectivity index (χ0n) is 52.4. The maximum Gasteiger partial charge on any atom is 0.217 e. The van der Waals surface area contributed by atoms with Crippen molar-refractivity contribution in [2.24, 2.45) is 0 Å². The van der Waals surface area contributed by atoms with Gasteiger partial charge in [0.1, 0.15) is 195 Å². The summed E-state index contributed by atoms with van der Waals surface area (Å²) in [5, 5.41) is 258. The van der Waals surface area contributed by atoms with Gasteiger partial charge in [-0.1, -0.05) is 0 Å². The minimum atomic E-state index is -2.38. The second kappa shape index (κ2) is 35.1. The predicted octanol–water partition coefficient (Wildman–Crippen LogP) is -18.0. The van der Waals surface area contributed by atoms with Crippen LogP contribution in [0.4, 0.5) is 0 Å². The lowest BCUT2D eigenvalue weighted by Crippen LogP contribution is -2.70.